The number of nitrogens with zero attached hydrogens (tertiary/aromatic N) is 2. The average Bonchev–Trinajstić information content (AvgIpc) is 3.33. The van der Waals surface area contributed by atoms with Crippen LogP contribution in [0, 0.1) is 6.92 Å². The van der Waals surface area contributed by atoms with Gasteiger partial charge in [-0.3, -0.25) is 4.79 Å². The van der Waals surface area contributed by atoms with E-state index in [9.17, 15) is 4.79 Å². The highest BCUT2D eigenvalue weighted by molar-refractivity contribution is 7.14. The minimum atomic E-state index is -0.290. The molecule has 0 atom stereocenters. The highest BCUT2D eigenvalue weighted by Gasteiger charge is 2.08. The Balaban J connectivity index is 1.35. The predicted molar refractivity (Wildman–Crippen MR) is 139 cm³/mol. The summed E-state index contributed by atoms with van der Waals surface area (Å²) < 4.78 is 5.50. The molecule has 0 aliphatic heterocycles. The van der Waals surface area contributed by atoms with Crippen molar-refractivity contribution < 1.29 is 9.53 Å². The van der Waals surface area contributed by atoms with Gasteiger partial charge in [0.25, 0.3) is 5.91 Å². The van der Waals surface area contributed by atoms with Gasteiger partial charge in [0, 0.05) is 22.2 Å². The molecule has 0 aliphatic carbocycles. The molecule has 4 aromatic rings. The molecule has 0 fully saturated rings. The molecule has 0 saturated heterocycles. The summed E-state index contributed by atoms with van der Waals surface area (Å²) in [5.74, 6) is 0.423. The zero-order valence-corrected chi connectivity index (χ0v) is 19.5. The number of thiazole rings is 1. The Morgan fingerprint density at radius 1 is 1.12 bits per heavy atom. The number of hydrogen-bond acceptors (Lipinski definition) is 6. The fraction of sp³-hybridized carbons (Fsp3) is 0.0741. The van der Waals surface area contributed by atoms with Gasteiger partial charge in [-0.15, -0.1) is 11.3 Å². The third-order valence-corrected chi connectivity index (χ3v) is 5.61. The summed E-state index contributed by atoms with van der Waals surface area (Å²) >= 11 is 1.53. The van der Waals surface area contributed by atoms with Crippen molar-refractivity contribution in [1.82, 2.24) is 10.4 Å². The van der Waals surface area contributed by atoms with Crippen molar-refractivity contribution in [2.75, 3.05) is 11.9 Å². The summed E-state index contributed by atoms with van der Waals surface area (Å²) in [6.45, 7) is 6.12. The normalized spacial score (nSPS) is 10.7. The van der Waals surface area contributed by atoms with E-state index in [0.717, 1.165) is 27.6 Å². The van der Waals surface area contributed by atoms with Crippen molar-refractivity contribution in [2.45, 2.75) is 6.92 Å². The van der Waals surface area contributed by atoms with Gasteiger partial charge in [-0.1, -0.05) is 54.6 Å². The van der Waals surface area contributed by atoms with Gasteiger partial charge in [0.1, 0.15) is 12.4 Å². The van der Waals surface area contributed by atoms with E-state index in [-0.39, 0.29) is 5.91 Å². The molecule has 0 aliphatic rings. The van der Waals surface area contributed by atoms with E-state index in [2.05, 4.69) is 46.5 Å². The first kappa shape index (κ1) is 22.9. The van der Waals surface area contributed by atoms with Crippen molar-refractivity contribution in [3.63, 3.8) is 0 Å². The number of aryl methyl sites for hydroxylation is 1. The van der Waals surface area contributed by atoms with Gasteiger partial charge in [-0.2, -0.15) is 5.10 Å². The smallest absolute Gasteiger partial charge is 0.271 e. The van der Waals surface area contributed by atoms with Gasteiger partial charge in [-0.05, 0) is 48.9 Å². The summed E-state index contributed by atoms with van der Waals surface area (Å²) in [7, 11) is 0. The topological polar surface area (TPSA) is 75.6 Å². The second-order valence-corrected chi connectivity index (χ2v) is 8.34. The van der Waals surface area contributed by atoms with Gasteiger partial charge >= 0.3 is 0 Å². The molecular formula is C27H24N4O2S. The largest absolute Gasteiger partial charge is 0.490 e. The van der Waals surface area contributed by atoms with Crippen LogP contribution >= 0.6 is 11.3 Å². The van der Waals surface area contributed by atoms with Crippen LogP contribution in [-0.4, -0.2) is 23.7 Å². The molecular weight excluding hydrogens is 444 g/mol. The van der Waals surface area contributed by atoms with Crippen LogP contribution in [0.25, 0.3) is 11.3 Å². The lowest BCUT2D eigenvalue weighted by atomic mass is 10.1. The maximum atomic E-state index is 12.4. The summed E-state index contributed by atoms with van der Waals surface area (Å²) in [5, 5.41) is 10.2. The van der Waals surface area contributed by atoms with E-state index in [4.69, 9.17) is 4.74 Å². The lowest BCUT2D eigenvalue weighted by Gasteiger charge is -2.04. The van der Waals surface area contributed by atoms with Crippen LogP contribution in [0.1, 0.15) is 21.5 Å². The van der Waals surface area contributed by atoms with Crippen LogP contribution in [0.5, 0.6) is 5.75 Å². The highest BCUT2D eigenvalue weighted by Crippen LogP contribution is 2.27. The number of carbonyl (C=O) groups is 1. The van der Waals surface area contributed by atoms with Gasteiger partial charge < -0.3 is 10.1 Å². The molecule has 0 spiro atoms. The molecule has 2 N–H and O–H groups in total. The van der Waals surface area contributed by atoms with Crippen LogP contribution < -0.4 is 15.5 Å². The molecule has 7 heteroatoms. The number of ether oxygens (including phenoxy) is 1. The Morgan fingerprint density at radius 2 is 1.91 bits per heavy atom. The molecule has 3 aromatic carbocycles. The Hall–Kier alpha value is -4.23. The van der Waals surface area contributed by atoms with E-state index in [1.54, 1.807) is 24.4 Å². The van der Waals surface area contributed by atoms with Crippen LogP contribution in [0.15, 0.2) is 95.9 Å². The molecule has 1 heterocycles. The third-order valence-electron chi connectivity index (χ3n) is 4.86. The number of benzene rings is 3. The first-order valence-electron chi connectivity index (χ1n) is 10.7. The number of hydrazone groups is 1. The maximum Gasteiger partial charge on any atom is 0.271 e. The van der Waals surface area contributed by atoms with E-state index in [1.807, 2.05) is 53.9 Å². The minimum absolute atomic E-state index is 0.290. The number of carbonyl (C=O) groups excluding carboxylic acids is 1. The second kappa shape index (κ2) is 11.1. The summed E-state index contributed by atoms with van der Waals surface area (Å²) in [6.07, 6.45) is 3.26. The van der Waals surface area contributed by atoms with E-state index < -0.39 is 0 Å². The number of anilines is 2. The van der Waals surface area contributed by atoms with E-state index in [1.165, 1.54) is 16.9 Å². The van der Waals surface area contributed by atoms with Gasteiger partial charge in [0.2, 0.25) is 0 Å². The van der Waals surface area contributed by atoms with Gasteiger partial charge in [0.15, 0.2) is 5.13 Å². The number of rotatable bonds is 9. The molecule has 0 unspecified atom stereocenters. The lowest BCUT2D eigenvalue weighted by molar-refractivity contribution is 0.0955. The average molecular weight is 469 g/mol. The maximum absolute atomic E-state index is 12.4. The predicted octanol–water partition coefficient (Wildman–Crippen LogP) is 6.19. The molecule has 34 heavy (non-hydrogen) atoms. The second-order valence-electron chi connectivity index (χ2n) is 7.48. The van der Waals surface area contributed by atoms with Crippen molar-refractivity contribution >= 4 is 34.3 Å². The van der Waals surface area contributed by atoms with Crippen LogP contribution in [-0.2, 0) is 0 Å². The monoisotopic (exact) mass is 468 g/mol. The van der Waals surface area contributed by atoms with Crippen molar-refractivity contribution in [2.24, 2.45) is 5.10 Å². The standard InChI is InChI=1S/C27H24N4O2S/c1-3-15-33-24-6-4-5-20(16-24)17-28-31-26(32)22-11-9-21(10-12-22)25-18-34-27(30-25)29-23-13-7-19(2)8-14-23/h3-14,16-18H,1,15H2,2H3,(H,29,30)(H,31,32)/b28-17-. The highest BCUT2D eigenvalue weighted by atomic mass is 32.1. The quantitative estimate of drug-likeness (QED) is 0.174. The fourth-order valence-electron chi connectivity index (χ4n) is 3.09. The summed E-state index contributed by atoms with van der Waals surface area (Å²) in [4.78, 5) is 17.1. The first-order valence-corrected chi connectivity index (χ1v) is 11.6. The molecule has 4 rings (SSSR count). The Morgan fingerprint density at radius 3 is 2.68 bits per heavy atom. The Bertz CT molecular complexity index is 1290. The molecule has 1 amide bonds. The summed E-state index contributed by atoms with van der Waals surface area (Å²) in [6, 6.07) is 22.9. The number of hydrogen-bond donors (Lipinski definition) is 2. The number of aromatic nitrogens is 1. The molecule has 6 nitrogen and oxygen atoms in total. The molecule has 1 aromatic heterocycles. The SMILES string of the molecule is C=CCOc1cccc(/C=N\NC(=O)c2ccc(-c3csc(Nc4ccc(C)cc4)n3)cc2)c1. The van der Waals surface area contributed by atoms with Crippen LogP contribution in [0.4, 0.5) is 10.8 Å². The third kappa shape index (κ3) is 6.17. The van der Waals surface area contributed by atoms with E-state index >= 15 is 0 Å². The number of nitrogens with one attached hydrogen (secondary N) is 2. The zero-order chi connectivity index (χ0) is 23.8. The van der Waals surface area contributed by atoms with Crippen molar-refractivity contribution in [3.05, 3.63) is 108 Å². The molecule has 0 saturated carbocycles. The Labute approximate surface area is 202 Å². The summed E-state index contributed by atoms with van der Waals surface area (Å²) in [5.41, 5.74) is 7.87. The molecule has 0 bridgehead atoms. The Kier molecular flexibility index (Phi) is 7.47. The van der Waals surface area contributed by atoms with Crippen molar-refractivity contribution in [1.29, 1.82) is 0 Å². The van der Waals surface area contributed by atoms with E-state index in [0.29, 0.717) is 17.9 Å². The lowest BCUT2D eigenvalue weighted by Crippen LogP contribution is -2.17. The van der Waals surface area contributed by atoms with Crippen LogP contribution in [0.3, 0.4) is 0 Å². The number of amides is 1. The first-order chi connectivity index (χ1) is 16.6. The molecule has 170 valence electrons. The van der Waals surface area contributed by atoms with Gasteiger partial charge in [0.05, 0.1) is 11.9 Å². The van der Waals surface area contributed by atoms with Gasteiger partial charge in [-0.25, -0.2) is 10.4 Å². The minimum Gasteiger partial charge on any atom is -0.490 e. The van der Waals surface area contributed by atoms with Crippen LogP contribution in [0.2, 0.25) is 0 Å². The van der Waals surface area contributed by atoms with Crippen molar-refractivity contribution in [3.8, 4) is 17.0 Å². The molecule has 0 radical (unpaired) electrons. The fourth-order valence-corrected chi connectivity index (χ4v) is 3.83. The zero-order valence-electron chi connectivity index (χ0n) is 18.7.